The van der Waals surface area contributed by atoms with Gasteiger partial charge in [-0.3, -0.25) is 9.05 Å². The van der Waals surface area contributed by atoms with E-state index in [9.17, 15) is 4.57 Å². The summed E-state index contributed by atoms with van der Waals surface area (Å²) in [6, 6.07) is 0. The normalized spacial score (nSPS) is 12.3. The SMILES string of the molecule is CCCOP(=O)(OCCC)N(CO)CO. The highest BCUT2D eigenvalue weighted by Gasteiger charge is 2.32. The van der Waals surface area contributed by atoms with E-state index in [1.165, 1.54) is 0 Å². The van der Waals surface area contributed by atoms with E-state index in [1.807, 2.05) is 13.8 Å². The minimum atomic E-state index is -3.53. The average Bonchev–Trinajstić information content (AvgIpc) is 2.25. The second kappa shape index (κ2) is 8.21. The van der Waals surface area contributed by atoms with Crippen LogP contribution in [0.1, 0.15) is 26.7 Å². The molecular weight excluding hydrogens is 221 g/mol. The zero-order valence-corrected chi connectivity index (χ0v) is 10.2. The molecule has 0 saturated heterocycles. The first kappa shape index (κ1) is 15.0. The molecule has 0 aromatic heterocycles. The van der Waals surface area contributed by atoms with Crippen LogP contribution in [0, 0.1) is 0 Å². The van der Waals surface area contributed by atoms with Crippen molar-refractivity contribution in [2.45, 2.75) is 26.7 Å². The Labute approximate surface area is 90.4 Å². The Bertz CT molecular complexity index is 185. The molecule has 0 aliphatic rings. The number of aliphatic hydroxyl groups is 2. The monoisotopic (exact) mass is 241 g/mol. The summed E-state index contributed by atoms with van der Waals surface area (Å²) in [7, 11) is -3.53. The van der Waals surface area contributed by atoms with E-state index < -0.39 is 21.2 Å². The van der Waals surface area contributed by atoms with Crippen LogP contribution in [-0.2, 0) is 13.6 Å². The summed E-state index contributed by atoms with van der Waals surface area (Å²) in [5, 5.41) is 17.8. The van der Waals surface area contributed by atoms with Gasteiger partial charge in [0.1, 0.15) is 13.5 Å². The maximum Gasteiger partial charge on any atom is 0.411 e. The Morgan fingerprint density at radius 3 is 1.73 bits per heavy atom. The van der Waals surface area contributed by atoms with E-state index in [0.717, 1.165) is 4.67 Å². The minimum Gasteiger partial charge on any atom is -0.380 e. The molecule has 0 radical (unpaired) electrons. The van der Waals surface area contributed by atoms with Gasteiger partial charge in [-0.15, -0.1) is 0 Å². The number of nitrogens with zero attached hydrogens (tertiary/aromatic N) is 1. The lowest BCUT2D eigenvalue weighted by molar-refractivity contribution is 0.0507. The number of hydrogen-bond donors (Lipinski definition) is 2. The third-order valence-corrected chi connectivity index (χ3v) is 3.55. The first-order valence-corrected chi connectivity index (χ1v) is 6.50. The Hall–Kier alpha value is 0.0300. The van der Waals surface area contributed by atoms with Crippen LogP contribution in [-0.4, -0.2) is 41.6 Å². The molecule has 7 heteroatoms. The first-order valence-electron chi connectivity index (χ1n) is 5.00. The van der Waals surface area contributed by atoms with Crippen molar-refractivity contribution in [2.24, 2.45) is 0 Å². The van der Waals surface area contributed by atoms with Crippen LogP contribution in [0.5, 0.6) is 0 Å². The number of hydrogen-bond acceptors (Lipinski definition) is 5. The van der Waals surface area contributed by atoms with Crippen LogP contribution in [0.25, 0.3) is 0 Å². The summed E-state index contributed by atoms with van der Waals surface area (Å²) in [5.74, 6) is 0. The zero-order chi connectivity index (χ0) is 11.7. The van der Waals surface area contributed by atoms with Gasteiger partial charge >= 0.3 is 7.75 Å². The summed E-state index contributed by atoms with van der Waals surface area (Å²) in [5.41, 5.74) is 0. The maximum absolute atomic E-state index is 12.1. The average molecular weight is 241 g/mol. The van der Waals surface area contributed by atoms with Gasteiger partial charge in [-0.05, 0) is 12.8 Å². The topological polar surface area (TPSA) is 79.2 Å². The van der Waals surface area contributed by atoms with Crippen LogP contribution in [0.4, 0.5) is 0 Å². The molecule has 0 aromatic carbocycles. The van der Waals surface area contributed by atoms with E-state index in [2.05, 4.69) is 0 Å². The van der Waals surface area contributed by atoms with Crippen molar-refractivity contribution >= 4 is 7.75 Å². The highest BCUT2D eigenvalue weighted by Crippen LogP contribution is 2.51. The van der Waals surface area contributed by atoms with Crippen molar-refractivity contribution in [1.29, 1.82) is 0 Å². The number of rotatable bonds is 9. The summed E-state index contributed by atoms with van der Waals surface area (Å²) >= 11 is 0. The fourth-order valence-corrected chi connectivity index (χ4v) is 2.35. The molecule has 0 aliphatic heterocycles. The van der Waals surface area contributed by atoms with Crippen molar-refractivity contribution in [3.05, 3.63) is 0 Å². The maximum atomic E-state index is 12.1. The fourth-order valence-electron chi connectivity index (χ4n) is 0.814. The predicted octanol–water partition coefficient (Wildman–Crippen LogP) is 1.15. The Balaban J connectivity index is 4.44. The lowest BCUT2D eigenvalue weighted by atomic mass is 10.5. The first-order chi connectivity index (χ1) is 7.14. The van der Waals surface area contributed by atoms with Gasteiger partial charge in [0.05, 0.1) is 13.2 Å². The van der Waals surface area contributed by atoms with Crippen LogP contribution in [0.15, 0.2) is 0 Å². The van der Waals surface area contributed by atoms with Gasteiger partial charge in [-0.25, -0.2) is 4.57 Å². The third-order valence-electron chi connectivity index (χ3n) is 1.59. The van der Waals surface area contributed by atoms with Gasteiger partial charge in [0.15, 0.2) is 0 Å². The van der Waals surface area contributed by atoms with Crippen molar-refractivity contribution in [2.75, 3.05) is 26.7 Å². The van der Waals surface area contributed by atoms with Crippen molar-refractivity contribution in [1.82, 2.24) is 4.67 Å². The highest BCUT2D eigenvalue weighted by atomic mass is 31.2. The third kappa shape index (κ3) is 5.06. The second-order valence-corrected chi connectivity index (χ2v) is 4.94. The molecule has 15 heavy (non-hydrogen) atoms. The molecular formula is C8H20NO5P. The molecule has 0 fully saturated rings. The molecule has 0 unspecified atom stereocenters. The molecule has 6 nitrogen and oxygen atoms in total. The van der Waals surface area contributed by atoms with Crippen LogP contribution in [0.2, 0.25) is 0 Å². The van der Waals surface area contributed by atoms with Gasteiger partial charge in [0.2, 0.25) is 0 Å². The van der Waals surface area contributed by atoms with E-state index in [4.69, 9.17) is 19.3 Å². The van der Waals surface area contributed by atoms with E-state index in [-0.39, 0.29) is 13.2 Å². The molecule has 0 atom stereocenters. The zero-order valence-electron chi connectivity index (χ0n) is 9.26. The summed E-state index contributed by atoms with van der Waals surface area (Å²) < 4.78 is 23.1. The molecule has 0 saturated carbocycles. The lowest BCUT2D eigenvalue weighted by Crippen LogP contribution is -2.25. The molecule has 0 rings (SSSR count). The summed E-state index contributed by atoms with van der Waals surface area (Å²) in [6.07, 6.45) is 1.37. The molecule has 0 amide bonds. The lowest BCUT2D eigenvalue weighted by Gasteiger charge is -2.26. The Kier molecular flexibility index (Phi) is 8.23. The van der Waals surface area contributed by atoms with Crippen molar-refractivity contribution in [3.8, 4) is 0 Å². The van der Waals surface area contributed by atoms with Gasteiger partial charge in [0.25, 0.3) is 0 Å². The molecule has 2 N–H and O–H groups in total. The largest absolute Gasteiger partial charge is 0.411 e. The van der Waals surface area contributed by atoms with Crippen molar-refractivity contribution in [3.63, 3.8) is 0 Å². The van der Waals surface area contributed by atoms with Crippen molar-refractivity contribution < 1.29 is 23.8 Å². The van der Waals surface area contributed by atoms with Gasteiger partial charge in [-0.2, -0.15) is 4.67 Å². The molecule has 92 valence electrons. The second-order valence-electron chi connectivity index (χ2n) is 2.92. The predicted molar refractivity (Wildman–Crippen MR) is 56.1 cm³/mol. The van der Waals surface area contributed by atoms with Crippen LogP contribution >= 0.6 is 7.75 Å². The van der Waals surface area contributed by atoms with Crippen LogP contribution < -0.4 is 0 Å². The van der Waals surface area contributed by atoms with E-state index in [1.54, 1.807) is 0 Å². The van der Waals surface area contributed by atoms with E-state index >= 15 is 0 Å². The Morgan fingerprint density at radius 1 is 1.07 bits per heavy atom. The molecule has 0 heterocycles. The fraction of sp³-hybridized carbons (Fsp3) is 1.00. The van der Waals surface area contributed by atoms with Gasteiger partial charge in [0, 0.05) is 0 Å². The standard InChI is InChI=1S/C8H20NO5P/c1-3-5-13-15(12,14-6-4-2)9(7-10)8-11/h10-11H,3-8H2,1-2H3. The summed E-state index contributed by atoms with van der Waals surface area (Å²) in [4.78, 5) is 0. The minimum absolute atomic E-state index is 0.261. The molecule has 0 aliphatic carbocycles. The summed E-state index contributed by atoms with van der Waals surface area (Å²) in [6.45, 7) is 3.12. The van der Waals surface area contributed by atoms with Crippen LogP contribution in [0.3, 0.4) is 0 Å². The molecule has 0 spiro atoms. The quantitative estimate of drug-likeness (QED) is 0.465. The molecule has 0 bridgehead atoms. The Morgan fingerprint density at radius 2 is 1.47 bits per heavy atom. The van der Waals surface area contributed by atoms with Gasteiger partial charge < -0.3 is 10.2 Å². The van der Waals surface area contributed by atoms with Gasteiger partial charge in [-0.1, -0.05) is 13.8 Å². The number of aliphatic hydroxyl groups excluding tert-OH is 2. The smallest absolute Gasteiger partial charge is 0.380 e. The van der Waals surface area contributed by atoms with E-state index in [0.29, 0.717) is 12.8 Å². The highest BCUT2D eigenvalue weighted by molar-refractivity contribution is 7.51. The molecule has 0 aromatic rings.